The Bertz CT molecular complexity index is 1440. The number of ether oxygens (including phenoxy) is 1. The van der Waals surface area contributed by atoms with Crippen molar-refractivity contribution in [1.29, 1.82) is 0 Å². The number of sulfonamides is 1. The Hall–Kier alpha value is -2.47. The van der Waals surface area contributed by atoms with E-state index in [-0.39, 0.29) is 28.7 Å². The molecule has 1 amide bonds. The van der Waals surface area contributed by atoms with Gasteiger partial charge in [0.1, 0.15) is 22.0 Å². The van der Waals surface area contributed by atoms with E-state index in [0.29, 0.717) is 39.3 Å². The van der Waals surface area contributed by atoms with Crippen LogP contribution in [0.5, 0.6) is 5.75 Å². The highest BCUT2D eigenvalue weighted by Crippen LogP contribution is 2.35. The van der Waals surface area contributed by atoms with Gasteiger partial charge < -0.3 is 10.1 Å². The molecule has 2 aromatic heterocycles. The fourth-order valence-electron chi connectivity index (χ4n) is 4.57. The quantitative estimate of drug-likeness (QED) is 0.512. The molecular weight excluding hydrogens is 512 g/mol. The minimum Gasteiger partial charge on any atom is -0.495 e. The van der Waals surface area contributed by atoms with Crippen LogP contribution < -0.4 is 15.6 Å². The first-order valence-electron chi connectivity index (χ1n) is 11.1. The number of carbonyl (C=O) groups excluding carboxylic acids is 1. The number of halogens is 1. The molecule has 1 N–H and O–H groups in total. The lowest BCUT2D eigenvalue weighted by Crippen LogP contribution is -2.42. The molecule has 1 fully saturated rings. The molecule has 4 rings (SSSR count). The summed E-state index contributed by atoms with van der Waals surface area (Å²) in [5, 5.41) is 3.04. The average Bonchev–Trinajstić information content (AvgIpc) is 3.12. The van der Waals surface area contributed by atoms with Gasteiger partial charge in [0, 0.05) is 23.7 Å². The van der Waals surface area contributed by atoms with Crippen molar-refractivity contribution in [1.82, 2.24) is 13.9 Å². The molecule has 3 heterocycles. The lowest BCUT2D eigenvalue weighted by Gasteiger charge is -2.34. The van der Waals surface area contributed by atoms with Gasteiger partial charge in [-0.05, 0) is 43.4 Å². The second kappa shape index (κ2) is 9.88. The third kappa shape index (κ3) is 5.09. The predicted octanol–water partition coefficient (Wildman–Crippen LogP) is 3.73. The molecule has 0 radical (unpaired) electrons. The van der Waals surface area contributed by atoms with Crippen LogP contribution >= 0.6 is 22.9 Å². The zero-order chi connectivity index (χ0) is 25.5. The van der Waals surface area contributed by atoms with E-state index in [4.69, 9.17) is 16.3 Å². The molecule has 0 aliphatic carbocycles. The summed E-state index contributed by atoms with van der Waals surface area (Å²) in [6.45, 7) is 6.22. The lowest BCUT2D eigenvalue weighted by atomic mass is 9.94. The largest absolute Gasteiger partial charge is 0.495 e. The number of thiophene rings is 1. The average molecular weight is 539 g/mol. The number of hydrogen-bond acceptors (Lipinski definition) is 7. The summed E-state index contributed by atoms with van der Waals surface area (Å²) in [5.74, 6) is 0.437. The van der Waals surface area contributed by atoms with Crippen LogP contribution in [0.2, 0.25) is 5.02 Å². The van der Waals surface area contributed by atoms with Gasteiger partial charge in [0.15, 0.2) is 0 Å². The Morgan fingerprint density at radius 3 is 2.60 bits per heavy atom. The standard InChI is InChI=1S/C23H27ClN4O5S2/c1-13-7-14(2)10-28(9-13)35(31,32)21-15(3)34-22-20(21)23(30)27(12-25-22)11-19(29)26-16-5-6-18(33-4)17(24)8-16/h5-6,8,12-14H,7,9-11H2,1-4H3,(H,26,29)/t13-,14-/m1/s1. The highest BCUT2D eigenvalue weighted by molar-refractivity contribution is 7.89. The highest BCUT2D eigenvalue weighted by atomic mass is 35.5. The molecule has 0 bridgehead atoms. The third-order valence-corrected chi connectivity index (χ3v) is 9.42. The van der Waals surface area contributed by atoms with Crippen LogP contribution in [-0.4, -0.2) is 48.4 Å². The second-order valence-corrected chi connectivity index (χ2v) is 12.5. The van der Waals surface area contributed by atoms with E-state index >= 15 is 0 Å². The SMILES string of the molecule is COc1ccc(NC(=O)Cn2cnc3sc(C)c(S(=O)(=O)N4C[C@H](C)C[C@@H](C)C4)c3c2=O)cc1Cl. The molecule has 1 aromatic carbocycles. The van der Waals surface area contributed by atoms with Crippen molar-refractivity contribution in [3.8, 4) is 5.75 Å². The van der Waals surface area contributed by atoms with Crippen molar-refractivity contribution in [3.63, 3.8) is 0 Å². The normalized spacial score (nSPS) is 19.1. The molecule has 3 aromatic rings. The highest BCUT2D eigenvalue weighted by Gasteiger charge is 2.35. The fourth-order valence-corrected chi connectivity index (χ4v) is 8.17. The summed E-state index contributed by atoms with van der Waals surface area (Å²) in [6, 6.07) is 4.78. The van der Waals surface area contributed by atoms with Crippen LogP contribution in [0.15, 0.2) is 34.2 Å². The maximum Gasteiger partial charge on any atom is 0.263 e. The molecule has 1 saturated heterocycles. The first kappa shape index (κ1) is 25.6. The maximum atomic E-state index is 13.6. The van der Waals surface area contributed by atoms with E-state index in [0.717, 1.165) is 22.3 Å². The molecule has 188 valence electrons. The van der Waals surface area contributed by atoms with Gasteiger partial charge in [-0.3, -0.25) is 14.2 Å². The Morgan fingerprint density at radius 1 is 1.29 bits per heavy atom. The van der Waals surface area contributed by atoms with Crippen LogP contribution in [0, 0.1) is 18.8 Å². The van der Waals surface area contributed by atoms with Gasteiger partial charge in [0.05, 0.1) is 23.8 Å². The van der Waals surface area contributed by atoms with E-state index in [1.165, 1.54) is 23.8 Å². The maximum absolute atomic E-state index is 13.6. The molecule has 9 nitrogen and oxygen atoms in total. The van der Waals surface area contributed by atoms with Gasteiger partial charge in [-0.1, -0.05) is 25.4 Å². The van der Waals surface area contributed by atoms with Crippen LogP contribution in [-0.2, 0) is 21.4 Å². The van der Waals surface area contributed by atoms with Crippen molar-refractivity contribution >= 4 is 54.8 Å². The molecule has 35 heavy (non-hydrogen) atoms. The molecule has 0 spiro atoms. The third-order valence-electron chi connectivity index (χ3n) is 5.98. The summed E-state index contributed by atoms with van der Waals surface area (Å²) in [7, 11) is -2.42. The van der Waals surface area contributed by atoms with Crippen molar-refractivity contribution < 1.29 is 17.9 Å². The number of fused-ring (bicyclic) bond motifs is 1. The van der Waals surface area contributed by atoms with Gasteiger partial charge in [0.25, 0.3) is 5.56 Å². The molecule has 1 aliphatic heterocycles. The van der Waals surface area contributed by atoms with E-state index in [2.05, 4.69) is 10.3 Å². The number of piperidine rings is 1. The number of aromatic nitrogens is 2. The van der Waals surface area contributed by atoms with Gasteiger partial charge >= 0.3 is 0 Å². The molecule has 2 atom stereocenters. The molecule has 0 unspecified atom stereocenters. The Labute approximate surface area is 212 Å². The summed E-state index contributed by atoms with van der Waals surface area (Å²) in [5.41, 5.74) is -0.134. The summed E-state index contributed by atoms with van der Waals surface area (Å²) in [6.07, 6.45) is 2.22. The molecule has 12 heteroatoms. The molecular formula is C23H27ClN4O5S2. The molecule has 1 aliphatic rings. The Morgan fingerprint density at radius 2 is 1.97 bits per heavy atom. The van der Waals surface area contributed by atoms with Crippen molar-refractivity contribution in [2.45, 2.75) is 38.6 Å². The number of methoxy groups -OCH3 is 1. The predicted molar refractivity (Wildman–Crippen MR) is 137 cm³/mol. The molecule has 0 saturated carbocycles. The van der Waals surface area contributed by atoms with Gasteiger partial charge in [-0.15, -0.1) is 11.3 Å². The van der Waals surface area contributed by atoms with E-state index in [1.54, 1.807) is 19.1 Å². The number of nitrogens with one attached hydrogen (secondary N) is 1. The number of hydrogen-bond donors (Lipinski definition) is 1. The number of nitrogens with zero attached hydrogens (tertiary/aromatic N) is 3. The minimum absolute atomic E-state index is 0.00649. The smallest absolute Gasteiger partial charge is 0.263 e. The topological polar surface area (TPSA) is 111 Å². The monoisotopic (exact) mass is 538 g/mol. The number of aryl methyl sites for hydroxylation is 1. The van der Waals surface area contributed by atoms with Crippen LogP contribution in [0.3, 0.4) is 0 Å². The second-order valence-electron chi connectivity index (χ2n) is 9.01. The Balaban J connectivity index is 1.66. The van der Waals surface area contributed by atoms with E-state index in [9.17, 15) is 18.0 Å². The van der Waals surface area contributed by atoms with Gasteiger partial charge in [0.2, 0.25) is 15.9 Å². The van der Waals surface area contributed by atoms with Crippen molar-refractivity contribution in [3.05, 3.63) is 44.8 Å². The van der Waals surface area contributed by atoms with E-state index in [1.807, 2.05) is 13.8 Å². The minimum atomic E-state index is -3.91. The Kier molecular flexibility index (Phi) is 7.23. The zero-order valence-electron chi connectivity index (χ0n) is 19.9. The number of anilines is 1. The summed E-state index contributed by atoms with van der Waals surface area (Å²) >= 11 is 7.27. The van der Waals surface area contributed by atoms with Crippen LogP contribution in [0.4, 0.5) is 5.69 Å². The van der Waals surface area contributed by atoms with Crippen molar-refractivity contribution in [2.75, 3.05) is 25.5 Å². The number of carbonyl (C=O) groups is 1. The van der Waals surface area contributed by atoms with Crippen molar-refractivity contribution in [2.24, 2.45) is 11.8 Å². The fraction of sp³-hybridized carbons (Fsp3) is 0.435. The van der Waals surface area contributed by atoms with E-state index < -0.39 is 21.5 Å². The van der Waals surface area contributed by atoms with Crippen LogP contribution in [0.25, 0.3) is 10.2 Å². The first-order valence-corrected chi connectivity index (χ1v) is 13.8. The number of benzene rings is 1. The van der Waals surface area contributed by atoms with Gasteiger partial charge in [-0.25, -0.2) is 13.4 Å². The lowest BCUT2D eigenvalue weighted by molar-refractivity contribution is -0.116. The summed E-state index contributed by atoms with van der Waals surface area (Å²) < 4.78 is 35.0. The first-order chi connectivity index (χ1) is 16.5. The number of rotatable bonds is 6. The summed E-state index contributed by atoms with van der Waals surface area (Å²) in [4.78, 5) is 31.1. The van der Waals surface area contributed by atoms with Gasteiger partial charge in [-0.2, -0.15) is 4.31 Å². The number of amides is 1. The zero-order valence-corrected chi connectivity index (χ0v) is 22.3. The van der Waals surface area contributed by atoms with Crippen LogP contribution in [0.1, 0.15) is 25.1 Å².